The van der Waals surface area contributed by atoms with E-state index in [1.807, 2.05) is 0 Å². The summed E-state index contributed by atoms with van der Waals surface area (Å²) in [6.45, 7) is 0. The third kappa shape index (κ3) is 2.98. The van der Waals surface area contributed by atoms with Crippen molar-refractivity contribution < 1.29 is 9.18 Å². The maximum absolute atomic E-state index is 14.3. The smallest absolute Gasteiger partial charge is 0.285 e. The maximum Gasteiger partial charge on any atom is 0.285 e. The molecule has 1 amide bonds. The molecule has 0 bridgehead atoms. The molecule has 1 heterocycles. The van der Waals surface area contributed by atoms with Crippen LogP contribution in [0, 0.1) is 17.1 Å². The number of rotatable bonds is 2. The van der Waals surface area contributed by atoms with Crippen LogP contribution in [0.3, 0.4) is 0 Å². The van der Waals surface area contributed by atoms with Crippen molar-refractivity contribution in [3.05, 3.63) is 47.9 Å². The Bertz CT molecular complexity index is 958. The van der Waals surface area contributed by atoms with Crippen LogP contribution in [-0.4, -0.2) is 28.6 Å². The maximum atomic E-state index is 14.3. The monoisotopic (exact) mass is 357 g/mol. The van der Waals surface area contributed by atoms with E-state index in [9.17, 15) is 9.18 Å². The van der Waals surface area contributed by atoms with Crippen LogP contribution in [0.5, 0.6) is 0 Å². The molecule has 7 heteroatoms. The van der Waals surface area contributed by atoms with Crippen molar-refractivity contribution in [2.75, 3.05) is 14.1 Å². The van der Waals surface area contributed by atoms with Gasteiger partial charge in [-0.05, 0) is 47.1 Å². The summed E-state index contributed by atoms with van der Waals surface area (Å²) in [4.78, 5) is 14.1. The second-order valence-corrected chi connectivity index (χ2v) is 7.05. The summed E-state index contributed by atoms with van der Waals surface area (Å²) in [7, 11) is 3.30. The van der Waals surface area contributed by atoms with Crippen LogP contribution in [0.25, 0.3) is 21.2 Å². The van der Waals surface area contributed by atoms with Gasteiger partial charge in [0.05, 0.1) is 22.5 Å². The molecule has 0 radical (unpaired) electrons. The van der Waals surface area contributed by atoms with Crippen LogP contribution in [0.15, 0.2) is 41.4 Å². The van der Waals surface area contributed by atoms with Crippen LogP contribution in [0.4, 0.5) is 9.18 Å². The van der Waals surface area contributed by atoms with Gasteiger partial charge in [-0.2, -0.15) is 9.64 Å². The number of fused-ring (bicyclic) bond motifs is 1. The van der Waals surface area contributed by atoms with Crippen LogP contribution >= 0.6 is 23.3 Å². The first kappa shape index (κ1) is 16.4. The minimum atomic E-state index is -0.398. The number of thioether (sulfide) groups is 1. The lowest BCUT2D eigenvalue weighted by Gasteiger charge is -2.14. The summed E-state index contributed by atoms with van der Waals surface area (Å²) in [6, 6.07) is 10.5. The number of hydrogen-bond acceptors (Lipinski definition) is 5. The Morgan fingerprint density at radius 2 is 2.04 bits per heavy atom. The molecule has 0 fully saturated rings. The fourth-order valence-electron chi connectivity index (χ4n) is 2.22. The Hall–Kier alpha value is -2.43. The number of benzene rings is 2. The van der Waals surface area contributed by atoms with Gasteiger partial charge >= 0.3 is 0 Å². The van der Waals surface area contributed by atoms with Gasteiger partial charge in [-0.15, -0.1) is 0 Å². The number of carbonyl (C=O) groups is 1. The van der Waals surface area contributed by atoms with Gasteiger partial charge in [-0.25, -0.2) is 4.39 Å². The van der Waals surface area contributed by atoms with Gasteiger partial charge in [-0.1, -0.05) is 12.1 Å². The van der Waals surface area contributed by atoms with E-state index in [2.05, 4.69) is 10.4 Å². The summed E-state index contributed by atoms with van der Waals surface area (Å²) in [5, 5.41) is 9.19. The quantitative estimate of drug-likeness (QED) is 0.621. The molecule has 0 spiro atoms. The van der Waals surface area contributed by atoms with E-state index in [0.717, 1.165) is 22.9 Å². The highest BCUT2D eigenvalue weighted by atomic mass is 32.2. The third-order valence-corrected chi connectivity index (χ3v) is 5.32. The molecule has 3 rings (SSSR count). The number of hydrogen-bond donors (Lipinski definition) is 0. The van der Waals surface area contributed by atoms with Crippen LogP contribution in [-0.2, 0) is 0 Å². The van der Waals surface area contributed by atoms with E-state index in [-0.39, 0.29) is 5.24 Å². The van der Waals surface area contributed by atoms with Crippen molar-refractivity contribution in [1.29, 1.82) is 5.26 Å². The molecule has 3 aromatic rings. The zero-order chi connectivity index (χ0) is 17.3. The first-order valence-electron chi connectivity index (χ1n) is 6.98. The predicted molar refractivity (Wildman–Crippen MR) is 94.7 cm³/mol. The molecule has 0 atom stereocenters. The molecule has 0 saturated carbocycles. The lowest BCUT2D eigenvalue weighted by molar-refractivity contribution is 0.241. The number of nitrogens with zero attached hydrogens (tertiary/aromatic N) is 3. The second-order valence-electron chi connectivity index (χ2n) is 5.25. The Labute approximate surface area is 146 Å². The van der Waals surface area contributed by atoms with Gasteiger partial charge < -0.3 is 4.90 Å². The molecule has 2 aromatic carbocycles. The zero-order valence-corrected chi connectivity index (χ0v) is 14.5. The van der Waals surface area contributed by atoms with Crippen molar-refractivity contribution in [2.24, 2.45) is 0 Å². The van der Waals surface area contributed by atoms with E-state index in [4.69, 9.17) is 5.26 Å². The van der Waals surface area contributed by atoms with E-state index in [1.165, 1.54) is 28.7 Å². The molecule has 0 aliphatic rings. The number of aromatic nitrogens is 1. The molecule has 0 unspecified atom stereocenters. The van der Waals surface area contributed by atoms with Crippen LogP contribution < -0.4 is 0 Å². The van der Waals surface area contributed by atoms with Crippen molar-refractivity contribution in [2.45, 2.75) is 4.90 Å². The fourth-order valence-corrected chi connectivity index (χ4v) is 3.97. The van der Waals surface area contributed by atoms with E-state index in [0.29, 0.717) is 20.5 Å². The van der Waals surface area contributed by atoms with Crippen molar-refractivity contribution in [3.63, 3.8) is 0 Å². The Morgan fingerprint density at radius 3 is 2.67 bits per heavy atom. The highest BCUT2D eigenvalue weighted by Gasteiger charge is 2.19. The first-order chi connectivity index (χ1) is 11.5. The molecule has 0 N–H and O–H groups in total. The van der Waals surface area contributed by atoms with Crippen molar-refractivity contribution in [1.82, 2.24) is 9.27 Å². The van der Waals surface area contributed by atoms with Gasteiger partial charge in [-0.3, -0.25) is 4.79 Å². The zero-order valence-electron chi connectivity index (χ0n) is 12.9. The van der Waals surface area contributed by atoms with Gasteiger partial charge in [0.2, 0.25) is 0 Å². The molecule has 0 aliphatic heterocycles. The molecule has 24 heavy (non-hydrogen) atoms. The molecule has 0 aliphatic carbocycles. The molecule has 120 valence electrons. The van der Waals surface area contributed by atoms with Gasteiger partial charge in [0.15, 0.2) is 0 Å². The molecular formula is C17H12FN3OS2. The largest absolute Gasteiger partial charge is 0.339 e. The van der Waals surface area contributed by atoms with E-state index in [1.54, 1.807) is 38.4 Å². The summed E-state index contributed by atoms with van der Waals surface area (Å²) in [6.07, 6.45) is 1.49. The lowest BCUT2D eigenvalue weighted by Crippen LogP contribution is -2.16. The van der Waals surface area contributed by atoms with Gasteiger partial charge in [0, 0.05) is 29.9 Å². The average Bonchev–Trinajstić information content (AvgIpc) is 3.05. The number of halogens is 1. The molecular weight excluding hydrogens is 345 g/mol. The number of carbonyl (C=O) groups excluding carboxylic acids is 1. The fraction of sp³-hybridized carbons (Fsp3) is 0.118. The Balaban J connectivity index is 2.22. The predicted octanol–water partition coefficient (Wildman–Crippen LogP) is 4.75. The van der Waals surface area contributed by atoms with Gasteiger partial charge in [0.1, 0.15) is 5.82 Å². The Kier molecular flexibility index (Phi) is 4.51. The molecule has 4 nitrogen and oxygen atoms in total. The number of nitriles is 1. The van der Waals surface area contributed by atoms with Crippen LogP contribution in [0.1, 0.15) is 5.56 Å². The third-order valence-electron chi connectivity index (χ3n) is 3.42. The van der Waals surface area contributed by atoms with Gasteiger partial charge in [0.25, 0.3) is 5.24 Å². The van der Waals surface area contributed by atoms with Crippen molar-refractivity contribution in [3.8, 4) is 17.2 Å². The summed E-state index contributed by atoms with van der Waals surface area (Å²) in [5.41, 5.74) is 2.12. The average molecular weight is 357 g/mol. The Morgan fingerprint density at radius 1 is 1.33 bits per heavy atom. The standard InChI is InChI=1S/C17H12FN3OS2/c1-21(2)17(22)23-14-7-13(18)12-9-20-24-16(12)15(14)11-5-3-10(8-19)4-6-11/h3-7,9H,1-2H3. The highest BCUT2D eigenvalue weighted by molar-refractivity contribution is 8.13. The summed E-state index contributed by atoms with van der Waals surface area (Å²) in [5.74, 6) is -0.398. The normalized spacial score (nSPS) is 10.6. The van der Waals surface area contributed by atoms with E-state index < -0.39 is 5.82 Å². The topological polar surface area (TPSA) is 57.0 Å². The summed E-state index contributed by atoms with van der Waals surface area (Å²) >= 11 is 2.17. The minimum absolute atomic E-state index is 0.187. The van der Waals surface area contributed by atoms with Crippen molar-refractivity contribution >= 4 is 38.6 Å². The van der Waals surface area contributed by atoms with E-state index >= 15 is 0 Å². The molecule has 1 aromatic heterocycles. The second kappa shape index (κ2) is 6.59. The highest BCUT2D eigenvalue weighted by Crippen LogP contribution is 2.41. The summed E-state index contributed by atoms with van der Waals surface area (Å²) < 4.78 is 19.1. The SMILES string of the molecule is CN(C)C(=O)Sc1cc(F)c2cnsc2c1-c1ccc(C#N)cc1. The molecule has 0 saturated heterocycles. The minimum Gasteiger partial charge on any atom is -0.339 e. The lowest BCUT2D eigenvalue weighted by atomic mass is 10.0. The first-order valence-corrected chi connectivity index (χ1v) is 8.57. The number of amides is 1. The van der Waals surface area contributed by atoms with Crippen LogP contribution in [0.2, 0.25) is 0 Å².